The van der Waals surface area contributed by atoms with Crippen LogP contribution in [0.25, 0.3) is 10.9 Å². The predicted molar refractivity (Wildman–Crippen MR) is 111 cm³/mol. The lowest BCUT2D eigenvalue weighted by Gasteiger charge is -2.35. The zero-order valence-corrected chi connectivity index (χ0v) is 17.1. The highest BCUT2D eigenvalue weighted by molar-refractivity contribution is 5.87. The van der Waals surface area contributed by atoms with Crippen LogP contribution in [0.3, 0.4) is 0 Å². The van der Waals surface area contributed by atoms with Crippen molar-refractivity contribution < 1.29 is 14.3 Å². The Balaban J connectivity index is 1.54. The third-order valence-electron chi connectivity index (χ3n) is 5.93. The normalized spacial score (nSPS) is 22.1. The minimum Gasteiger partial charge on any atom is -0.466 e. The smallest absolute Gasteiger partial charge is 0.310 e. The number of aromatic nitrogens is 2. The standard InChI is InChI=1S/C22H28N4O3/c1-3-29-21(28)16-8-6-12-25(14-16)20(27)19-11-7-13-26(19)22-23-15(2)17-9-4-5-10-18(17)24-22/h4-5,9-10,16,19H,3,6-8,11-14H2,1-2H3/t16-,19-/m0/s1. The second kappa shape index (κ2) is 8.35. The summed E-state index contributed by atoms with van der Waals surface area (Å²) in [6.07, 6.45) is 3.33. The number of fused-ring (bicyclic) bond motifs is 1. The Labute approximate surface area is 171 Å². The van der Waals surface area contributed by atoms with Gasteiger partial charge in [0.25, 0.3) is 0 Å². The number of benzene rings is 1. The fraction of sp³-hybridized carbons (Fsp3) is 0.545. The Morgan fingerprint density at radius 1 is 1.14 bits per heavy atom. The largest absolute Gasteiger partial charge is 0.466 e. The van der Waals surface area contributed by atoms with E-state index in [4.69, 9.17) is 14.7 Å². The van der Waals surface area contributed by atoms with Crippen LogP contribution in [0.15, 0.2) is 24.3 Å². The van der Waals surface area contributed by atoms with Gasteiger partial charge in [-0.3, -0.25) is 9.59 Å². The molecule has 0 unspecified atom stereocenters. The molecule has 2 aliphatic heterocycles. The quantitative estimate of drug-likeness (QED) is 0.740. The summed E-state index contributed by atoms with van der Waals surface area (Å²) in [5.41, 5.74) is 1.82. The number of piperidine rings is 1. The molecule has 1 amide bonds. The number of hydrogen-bond acceptors (Lipinski definition) is 6. The SMILES string of the molecule is CCOC(=O)[C@H]1CCCN(C(=O)[C@@H]2CCCN2c2nc(C)c3ccccc3n2)C1. The average Bonchev–Trinajstić information content (AvgIpc) is 3.23. The summed E-state index contributed by atoms with van der Waals surface area (Å²) >= 11 is 0. The molecule has 0 N–H and O–H groups in total. The summed E-state index contributed by atoms with van der Waals surface area (Å²) in [7, 11) is 0. The minimum atomic E-state index is -0.267. The average molecular weight is 396 g/mol. The van der Waals surface area contributed by atoms with Crippen LogP contribution in [0.2, 0.25) is 0 Å². The number of esters is 1. The Hall–Kier alpha value is -2.70. The molecule has 7 heteroatoms. The van der Waals surface area contributed by atoms with E-state index < -0.39 is 0 Å². The van der Waals surface area contributed by atoms with Crippen molar-refractivity contribution in [3.8, 4) is 0 Å². The van der Waals surface area contributed by atoms with Crippen molar-refractivity contribution >= 4 is 28.7 Å². The predicted octanol–water partition coefficient (Wildman–Crippen LogP) is 2.71. The number of aryl methyl sites for hydroxylation is 1. The van der Waals surface area contributed by atoms with Crippen molar-refractivity contribution in [1.29, 1.82) is 0 Å². The summed E-state index contributed by atoms with van der Waals surface area (Å²) in [6, 6.07) is 7.68. The first-order valence-corrected chi connectivity index (χ1v) is 10.5. The third kappa shape index (κ3) is 3.91. The highest BCUT2D eigenvalue weighted by Crippen LogP contribution is 2.28. The molecule has 0 spiro atoms. The third-order valence-corrected chi connectivity index (χ3v) is 5.93. The van der Waals surface area contributed by atoms with Crippen LogP contribution in [0, 0.1) is 12.8 Å². The second-order valence-corrected chi connectivity index (χ2v) is 7.85. The molecule has 0 radical (unpaired) electrons. The lowest BCUT2D eigenvalue weighted by molar-refractivity contribution is -0.151. The van der Waals surface area contributed by atoms with Gasteiger partial charge in [-0.25, -0.2) is 9.97 Å². The highest BCUT2D eigenvalue weighted by Gasteiger charge is 2.38. The number of para-hydroxylation sites is 1. The van der Waals surface area contributed by atoms with E-state index in [9.17, 15) is 9.59 Å². The van der Waals surface area contributed by atoms with E-state index in [1.165, 1.54) is 0 Å². The Morgan fingerprint density at radius 3 is 2.76 bits per heavy atom. The molecule has 2 atom stereocenters. The number of anilines is 1. The fourth-order valence-electron chi connectivity index (χ4n) is 4.45. The molecule has 2 fully saturated rings. The van der Waals surface area contributed by atoms with Crippen LogP contribution in [0.1, 0.15) is 38.3 Å². The van der Waals surface area contributed by atoms with Gasteiger partial charge in [0.2, 0.25) is 11.9 Å². The lowest BCUT2D eigenvalue weighted by Crippen LogP contribution is -2.50. The summed E-state index contributed by atoms with van der Waals surface area (Å²) in [5, 5.41) is 1.03. The molecule has 7 nitrogen and oxygen atoms in total. The van der Waals surface area contributed by atoms with Gasteiger partial charge in [-0.05, 0) is 45.6 Å². The molecule has 0 bridgehead atoms. The monoisotopic (exact) mass is 396 g/mol. The van der Waals surface area contributed by atoms with Crippen LogP contribution < -0.4 is 4.90 Å². The van der Waals surface area contributed by atoms with E-state index in [1.54, 1.807) is 0 Å². The molecular weight excluding hydrogens is 368 g/mol. The van der Waals surface area contributed by atoms with E-state index in [2.05, 4.69) is 0 Å². The molecule has 0 aliphatic carbocycles. The molecule has 1 aromatic carbocycles. The van der Waals surface area contributed by atoms with Gasteiger partial charge in [0.15, 0.2) is 0 Å². The molecule has 154 valence electrons. The van der Waals surface area contributed by atoms with Crippen LogP contribution in [0.4, 0.5) is 5.95 Å². The van der Waals surface area contributed by atoms with Gasteiger partial charge in [0.1, 0.15) is 6.04 Å². The maximum atomic E-state index is 13.3. The zero-order valence-electron chi connectivity index (χ0n) is 17.1. The molecular formula is C22H28N4O3. The highest BCUT2D eigenvalue weighted by atomic mass is 16.5. The first-order valence-electron chi connectivity index (χ1n) is 10.5. The minimum absolute atomic E-state index is 0.0749. The molecule has 2 aromatic rings. The number of nitrogens with zero attached hydrogens (tertiary/aromatic N) is 4. The summed E-state index contributed by atoms with van der Waals surface area (Å²) in [6.45, 7) is 6.07. The van der Waals surface area contributed by atoms with Gasteiger partial charge >= 0.3 is 5.97 Å². The van der Waals surface area contributed by atoms with E-state index in [0.29, 0.717) is 25.6 Å². The van der Waals surface area contributed by atoms with Gasteiger partial charge in [-0.2, -0.15) is 0 Å². The van der Waals surface area contributed by atoms with Crippen LogP contribution in [0.5, 0.6) is 0 Å². The molecule has 29 heavy (non-hydrogen) atoms. The molecule has 3 heterocycles. The number of carbonyl (C=O) groups excluding carboxylic acids is 2. The van der Waals surface area contributed by atoms with Gasteiger partial charge in [0.05, 0.1) is 23.7 Å². The van der Waals surface area contributed by atoms with Gasteiger partial charge in [-0.1, -0.05) is 18.2 Å². The number of carbonyl (C=O) groups is 2. The first-order chi connectivity index (χ1) is 14.1. The maximum Gasteiger partial charge on any atom is 0.310 e. The van der Waals surface area contributed by atoms with E-state index in [-0.39, 0.29) is 23.8 Å². The zero-order chi connectivity index (χ0) is 20.4. The van der Waals surface area contributed by atoms with Crippen LogP contribution in [-0.4, -0.2) is 59.0 Å². The number of ether oxygens (including phenoxy) is 1. The Bertz CT molecular complexity index is 916. The topological polar surface area (TPSA) is 75.6 Å². The Kier molecular flexibility index (Phi) is 5.65. The van der Waals surface area contributed by atoms with Crippen molar-refractivity contribution in [2.45, 2.75) is 45.6 Å². The first kappa shape index (κ1) is 19.6. The number of hydrogen-bond donors (Lipinski definition) is 0. The number of likely N-dealkylation sites (tertiary alicyclic amines) is 1. The number of rotatable bonds is 4. The fourth-order valence-corrected chi connectivity index (χ4v) is 4.45. The van der Waals surface area contributed by atoms with Crippen molar-refractivity contribution in [2.75, 3.05) is 31.1 Å². The molecule has 4 rings (SSSR count). The summed E-state index contributed by atoms with van der Waals surface area (Å²) < 4.78 is 5.17. The molecule has 2 aliphatic rings. The summed E-state index contributed by atoms with van der Waals surface area (Å²) in [4.78, 5) is 38.8. The maximum absolute atomic E-state index is 13.3. The molecule has 2 saturated heterocycles. The second-order valence-electron chi connectivity index (χ2n) is 7.85. The van der Waals surface area contributed by atoms with Crippen molar-refractivity contribution in [3.05, 3.63) is 30.0 Å². The van der Waals surface area contributed by atoms with Crippen LogP contribution in [-0.2, 0) is 14.3 Å². The van der Waals surface area contributed by atoms with Gasteiger partial charge in [0, 0.05) is 25.0 Å². The Morgan fingerprint density at radius 2 is 1.93 bits per heavy atom. The van der Waals surface area contributed by atoms with E-state index in [1.807, 2.05) is 47.9 Å². The van der Waals surface area contributed by atoms with Crippen molar-refractivity contribution in [1.82, 2.24) is 14.9 Å². The number of amides is 1. The van der Waals surface area contributed by atoms with Crippen molar-refractivity contribution in [2.24, 2.45) is 5.92 Å². The molecule has 0 saturated carbocycles. The van der Waals surface area contributed by atoms with Crippen molar-refractivity contribution in [3.63, 3.8) is 0 Å². The van der Waals surface area contributed by atoms with Gasteiger partial charge < -0.3 is 14.5 Å². The van der Waals surface area contributed by atoms with Gasteiger partial charge in [-0.15, -0.1) is 0 Å². The van der Waals surface area contributed by atoms with E-state index >= 15 is 0 Å². The molecule has 1 aromatic heterocycles. The summed E-state index contributed by atoms with van der Waals surface area (Å²) in [5.74, 6) is 0.283. The van der Waals surface area contributed by atoms with E-state index in [0.717, 1.165) is 48.8 Å². The van der Waals surface area contributed by atoms with Crippen LogP contribution >= 0.6 is 0 Å². The lowest BCUT2D eigenvalue weighted by atomic mass is 9.97.